The van der Waals surface area contributed by atoms with Crippen LogP contribution in [0.2, 0.25) is 0 Å². The summed E-state index contributed by atoms with van der Waals surface area (Å²) in [5.41, 5.74) is -0.781. The van der Waals surface area contributed by atoms with Crippen molar-refractivity contribution >= 4 is 17.5 Å². The normalized spacial score (nSPS) is 16.4. The highest BCUT2D eigenvalue weighted by atomic mass is 35.5. The van der Waals surface area contributed by atoms with Crippen LogP contribution in [-0.4, -0.2) is 17.8 Å². The lowest BCUT2D eigenvalue weighted by atomic mass is 10.1. The highest BCUT2D eigenvalue weighted by Crippen LogP contribution is 2.35. The van der Waals surface area contributed by atoms with Gasteiger partial charge in [0.05, 0.1) is 5.38 Å². The van der Waals surface area contributed by atoms with E-state index in [1.807, 2.05) is 0 Å². The van der Waals surface area contributed by atoms with Crippen LogP contribution in [0.25, 0.3) is 0 Å². The molecule has 1 saturated carbocycles. The van der Waals surface area contributed by atoms with Crippen molar-refractivity contribution in [2.24, 2.45) is 5.92 Å². The van der Waals surface area contributed by atoms with Gasteiger partial charge in [0, 0.05) is 18.7 Å². The highest BCUT2D eigenvalue weighted by Gasteiger charge is 2.30. The van der Waals surface area contributed by atoms with E-state index < -0.39 is 28.9 Å². The van der Waals surface area contributed by atoms with Crippen molar-refractivity contribution in [2.75, 3.05) is 6.54 Å². The molecular formula is C12H11ClF3NO. The number of amides is 1. The summed E-state index contributed by atoms with van der Waals surface area (Å²) in [5.74, 6) is -4.06. The van der Waals surface area contributed by atoms with E-state index in [2.05, 4.69) is 5.32 Å². The molecule has 98 valence electrons. The average Bonchev–Trinajstić information content (AvgIpc) is 3.07. The minimum absolute atomic E-state index is 0.140. The molecule has 0 bridgehead atoms. The van der Waals surface area contributed by atoms with Gasteiger partial charge in [-0.1, -0.05) is 0 Å². The minimum atomic E-state index is -1.22. The third-order valence-electron chi connectivity index (χ3n) is 2.83. The topological polar surface area (TPSA) is 29.1 Å². The van der Waals surface area contributed by atoms with Gasteiger partial charge in [-0.25, -0.2) is 13.2 Å². The van der Waals surface area contributed by atoms with E-state index in [9.17, 15) is 18.0 Å². The Morgan fingerprint density at radius 3 is 2.39 bits per heavy atom. The molecule has 1 aliphatic carbocycles. The number of alkyl halides is 1. The van der Waals surface area contributed by atoms with Crippen molar-refractivity contribution in [3.8, 4) is 0 Å². The van der Waals surface area contributed by atoms with Crippen molar-refractivity contribution in [1.29, 1.82) is 0 Å². The summed E-state index contributed by atoms with van der Waals surface area (Å²) in [6.07, 6.45) is 2.01. The molecule has 2 nitrogen and oxygen atoms in total. The number of hydrogen-bond donors (Lipinski definition) is 1. The Hall–Kier alpha value is -1.23. The number of nitrogens with one attached hydrogen (secondary N) is 1. The van der Waals surface area contributed by atoms with Gasteiger partial charge in [-0.2, -0.15) is 0 Å². The van der Waals surface area contributed by atoms with E-state index in [1.165, 1.54) is 0 Å². The molecule has 0 spiro atoms. The molecule has 1 N–H and O–H groups in total. The fourth-order valence-corrected chi connectivity index (χ4v) is 1.99. The van der Waals surface area contributed by atoms with Crippen molar-refractivity contribution in [2.45, 2.75) is 18.2 Å². The van der Waals surface area contributed by atoms with E-state index in [-0.39, 0.29) is 11.9 Å². The average molecular weight is 278 g/mol. The maximum atomic E-state index is 13.3. The minimum Gasteiger partial charge on any atom is -0.350 e. The van der Waals surface area contributed by atoms with Gasteiger partial charge in [-0.3, -0.25) is 4.79 Å². The number of benzene rings is 1. The molecule has 1 atom stereocenters. The van der Waals surface area contributed by atoms with Gasteiger partial charge in [0.2, 0.25) is 0 Å². The van der Waals surface area contributed by atoms with Gasteiger partial charge in [0.1, 0.15) is 23.0 Å². The van der Waals surface area contributed by atoms with Crippen molar-refractivity contribution < 1.29 is 18.0 Å². The Morgan fingerprint density at radius 2 is 1.89 bits per heavy atom. The predicted molar refractivity (Wildman–Crippen MR) is 61.0 cm³/mol. The van der Waals surface area contributed by atoms with Gasteiger partial charge in [0.15, 0.2) is 0 Å². The summed E-state index contributed by atoms with van der Waals surface area (Å²) in [4.78, 5) is 11.6. The van der Waals surface area contributed by atoms with E-state index >= 15 is 0 Å². The Morgan fingerprint density at radius 1 is 1.33 bits per heavy atom. The standard InChI is InChI=1S/C12H11ClF3NO/c13-8(6-1-2-6)5-17-12(18)11-9(15)3-7(14)4-10(11)16/h3-4,6,8H,1-2,5H2,(H,17,18). The Balaban J connectivity index is 2.04. The molecule has 1 aromatic carbocycles. The molecule has 18 heavy (non-hydrogen) atoms. The van der Waals surface area contributed by atoms with Crippen LogP contribution in [0.1, 0.15) is 23.2 Å². The molecular weight excluding hydrogens is 267 g/mol. The molecule has 0 aliphatic heterocycles. The summed E-state index contributed by atoms with van der Waals surface area (Å²) < 4.78 is 39.2. The smallest absolute Gasteiger partial charge is 0.257 e. The lowest BCUT2D eigenvalue weighted by molar-refractivity contribution is 0.0944. The second kappa shape index (κ2) is 5.18. The van der Waals surface area contributed by atoms with Crippen molar-refractivity contribution in [3.63, 3.8) is 0 Å². The third kappa shape index (κ3) is 2.96. The van der Waals surface area contributed by atoms with Crippen LogP contribution in [0.4, 0.5) is 13.2 Å². The number of halogens is 4. The molecule has 1 aromatic rings. The molecule has 1 fully saturated rings. The zero-order valence-corrected chi connectivity index (χ0v) is 10.1. The lowest BCUT2D eigenvalue weighted by Gasteiger charge is -2.10. The molecule has 0 aromatic heterocycles. The summed E-state index contributed by atoms with van der Waals surface area (Å²) >= 11 is 5.95. The molecule has 1 amide bonds. The number of hydrogen-bond acceptors (Lipinski definition) is 1. The lowest BCUT2D eigenvalue weighted by Crippen LogP contribution is -2.32. The monoisotopic (exact) mass is 277 g/mol. The maximum Gasteiger partial charge on any atom is 0.257 e. The molecule has 6 heteroatoms. The van der Waals surface area contributed by atoms with Crippen molar-refractivity contribution in [1.82, 2.24) is 5.32 Å². The van der Waals surface area contributed by atoms with Gasteiger partial charge in [-0.15, -0.1) is 11.6 Å². The second-order valence-electron chi connectivity index (χ2n) is 4.31. The summed E-state index contributed by atoms with van der Waals surface area (Å²) in [6, 6.07) is 0.939. The molecule has 1 unspecified atom stereocenters. The van der Waals surface area contributed by atoms with Crippen LogP contribution >= 0.6 is 11.6 Å². The van der Waals surface area contributed by atoms with Crippen LogP contribution in [0.3, 0.4) is 0 Å². The van der Waals surface area contributed by atoms with Crippen molar-refractivity contribution in [3.05, 3.63) is 35.1 Å². The number of rotatable bonds is 4. The van der Waals surface area contributed by atoms with E-state index in [0.717, 1.165) is 12.8 Å². The number of carbonyl (C=O) groups is 1. The van der Waals surface area contributed by atoms with Gasteiger partial charge in [-0.05, 0) is 18.8 Å². The van der Waals surface area contributed by atoms with Gasteiger partial charge >= 0.3 is 0 Å². The first-order valence-electron chi connectivity index (χ1n) is 5.56. The highest BCUT2D eigenvalue weighted by molar-refractivity contribution is 6.21. The molecule has 0 heterocycles. The Bertz CT molecular complexity index is 453. The van der Waals surface area contributed by atoms with E-state index in [1.54, 1.807) is 0 Å². The summed E-state index contributed by atoms with van der Waals surface area (Å²) in [7, 11) is 0. The van der Waals surface area contributed by atoms with Gasteiger partial charge < -0.3 is 5.32 Å². The largest absolute Gasteiger partial charge is 0.350 e. The third-order valence-corrected chi connectivity index (χ3v) is 3.34. The van der Waals surface area contributed by atoms with Crippen LogP contribution in [0, 0.1) is 23.4 Å². The fourth-order valence-electron chi connectivity index (χ4n) is 1.66. The SMILES string of the molecule is O=C(NCC(Cl)C1CC1)c1c(F)cc(F)cc1F. The molecule has 2 rings (SSSR count). The van der Waals surface area contributed by atoms with E-state index in [0.29, 0.717) is 18.1 Å². The van der Waals surface area contributed by atoms with Gasteiger partial charge in [0.25, 0.3) is 5.91 Å². The Kier molecular flexibility index (Phi) is 3.80. The first kappa shape index (κ1) is 13.2. The molecule has 0 saturated heterocycles. The maximum absolute atomic E-state index is 13.3. The van der Waals surface area contributed by atoms with Crippen LogP contribution in [0.15, 0.2) is 12.1 Å². The zero-order valence-electron chi connectivity index (χ0n) is 9.35. The summed E-state index contributed by atoms with van der Waals surface area (Å²) in [6.45, 7) is 0.140. The zero-order chi connectivity index (χ0) is 13.3. The quantitative estimate of drug-likeness (QED) is 0.843. The van der Waals surface area contributed by atoms with Crippen LogP contribution < -0.4 is 5.32 Å². The first-order valence-corrected chi connectivity index (χ1v) is 5.99. The van der Waals surface area contributed by atoms with Crippen LogP contribution in [0.5, 0.6) is 0 Å². The predicted octanol–water partition coefficient (Wildman–Crippen LogP) is 2.85. The number of carbonyl (C=O) groups excluding carboxylic acids is 1. The first-order chi connectivity index (χ1) is 8.49. The summed E-state index contributed by atoms with van der Waals surface area (Å²) in [5, 5.41) is 2.11. The fraction of sp³-hybridized carbons (Fsp3) is 0.417. The molecule has 0 radical (unpaired) electrons. The van der Waals surface area contributed by atoms with Crippen LogP contribution in [-0.2, 0) is 0 Å². The Labute approximate surface area is 107 Å². The van der Waals surface area contributed by atoms with E-state index in [4.69, 9.17) is 11.6 Å². The second-order valence-corrected chi connectivity index (χ2v) is 4.87. The molecule has 1 aliphatic rings.